The zero-order chi connectivity index (χ0) is 12.0. The van der Waals surface area contributed by atoms with Crippen LogP contribution in [-0.4, -0.2) is 27.6 Å². The van der Waals surface area contributed by atoms with Crippen molar-refractivity contribution in [2.24, 2.45) is 0 Å². The Morgan fingerprint density at radius 3 is 3.00 bits per heavy atom. The first-order valence-electron chi connectivity index (χ1n) is 4.55. The van der Waals surface area contributed by atoms with Crippen LogP contribution in [0.4, 0.5) is 5.82 Å². The minimum absolute atomic E-state index is 0.0337. The van der Waals surface area contributed by atoms with Gasteiger partial charge in [0.15, 0.2) is 0 Å². The minimum atomic E-state index is -0.927. The van der Waals surface area contributed by atoms with Crippen LogP contribution >= 0.6 is 0 Å². The Hall–Kier alpha value is -2.18. The van der Waals surface area contributed by atoms with Gasteiger partial charge in [0.2, 0.25) is 5.75 Å². The van der Waals surface area contributed by atoms with Crippen LogP contribution in [0.5, 0.6) is 5.75 Å². The highest BCUT2D eigenvalue weighted by Crippen LogP contribution is 2.22. The molecule has 0 spiro atoms. The van der Waals surface area contributed by atoms with Crippen LogP contribution in [0.15, 0.2) is 18.3 Å². The van der Waals surface area contributed by atoms with Crippen molar-refractivity contribution in [3.8, 4) is 5.75 Å². The molecular weight excluding hydrogens is 216 g/mol. The van der Waals surface area contributed by atoms with E-state index in [1.165, 1.54) is 18.3 Å². The fraction of sp³-hybridized carbons (Fsp3) is 0.333. The van der Waals surface area contributed by atoms with Gasteiger partial charge in [-0.3, -0.25) is 4.79 Å². The van der Waals surface area contributed by atoms with Gasteiger partial charge in [0.1, 0.15) is 6.20 Å². The molecule has 0 bridgehead atoms. The maximum atomic E-state index is 10.5. The predicted octanol–water partition coefficient (Wildman–Crippen LogP) is 1.23. The molecule has 0 aliphatic carbocycles. The highest BCUT2D eigenvalue weighted by atomic mass is 16.6. The third-order valence-electron chi connectivity index (χ3n) is 1.72. The highest BCUT2D eigenvalue weighted by molar-refractivity contribution is 5.66. The molecule has 0 radical (unpaired) electrons. The molecule has 0 aromatic carbocycles. The monoisotopic (exact) mass is 226 g/mol. The van der Waals surface area contributed by atoms with Crippen molar-refractivity contribution in [2.75, 3.05) is 6.61 Å². The molecule has 0 aliphatic rings. The lowest BCUT2D eigenvalue weighted by Crippen LogP contribution is -2.04. The fourth-order valence-corrected chi connectivity index (χ4v) is 1.04. The Balaban J connectivity index is 2.53. The summed E-state index contributed by atoms with van der Waals surface area (Å²) in [5.41, 5.74) is 0. The van der Waals surface area contributed by atoms with Crippen molar-refractivity contribution in [3.63, 3.8) is 0 Å². The highest BCUT2D eigenvalue weighted by Gasteiger charge is 2.15. The second-order valence-corrected chi connectivity index (χ2v) is 2.93. The molecule has 0 saturated carbocycles. The minimum Gasteiger partial charge on any atom is -0.486 e. The summed E-state index contributed by atoms with van der Waals surface area (Å²) in [6.07, 6.45) is 1.55. The number of hydrogen-bond donors (Lipinski definition) is 1. The summed E-state index contributed by atoms with van der Waals surface area (Å²) in [6, 6.07) is 2.94. The van der Waals surface area contributed by atoms with Crippen molar-refractivity contribution in [1.82, 2.24) is 4.98 Å². The summed E-state index contributed by atoms with van der Waals surface area (Å²) in [7, 11) is 0. The number of aliphatic carboxylic acids is 1. The molecule has 1 aromatic rings. The van der Waals surface area contributed by atoms with E-state index in [2.05, 4.69) is 4.98 Å². The number of nitrogens with zero attached hydrogens (tertiary/aromatic N) is 2. The molecule has 1 rings (SSSR count). The van der Waals surface area contributed by atoms with Gasteiger partial charge in [-0.25, -0.2) is 0 Å². The molecule has 0 amide bonds. The van der Waals surface area contributed by atoms with Crippen LogP contribution in [0, 0.1) is 10.1 Å². The van der Waals surface area contributed by atoms with Crippen molar-refractivity contribution < 1.29 is 19.6 Å². The van der Waals surface area contributed by atoms with Crippen molar-refractivity contribution in [2.45, 2.75) is 12.8 Å². The molecule has 1 aromatic heterocycles. The van der Waals surface area contributed by atoms with Crippen LogP contribution < -0.4 is 4.74 Å². The van der Waals surface area contributed by atoms with Crippen LogP contribution in [0.2, 0.25) is 0 Å². The number of pyridine rings is 1. The smallest absolute Gasteiger partial charge is 0.406 e. The van der Waals surface area contributed by atoms with Gasteiger partial charge in [-0.15, -0.1) is 0 Å². The van der Waals surface area contributed by atoms with Crippen LogP contribution in [-0.2, 0) is 4.79 Å². The van der Waals surface area contributed by atoms with Gasteiger partial charge < -0.3 is 20.0 Å². The quantitative estimate of drug-likeness (QED) is 0.444. The average molecular weight is 226 g/mol. The summed E-state index contributed by atoms with van der Waals surface area (Å²) >= 11 is 0. The number of carboxylic acids is 1. The van der Waals surface area contributed by atoms with Crippen LogP contribution in [0.3, 0.4) is 0 Å². The topological polar surface area (TPSA) is 103 Å². The molecule has 0 atom stereocenters. The van der Waals surface area contributed by atoms with Crippen molar-refractivity contribution >= 4 is 11.8 Å². The SMILES string of the molecule is O=C(O)CCCOc1cccnc1[N+](=O)[O-]. The van der Waals surface area contributed by atoms with Crippen LogP contribution in [0.25, 0.3) is 0 Å². The van der Waals surface area contributed by atoms with Gasteiger partial charge in [0, 0.05) is 6.42 Å². The number of aromatic nitrogens is 1. The largest absolute Gasteiger partial charge is 0.486 e. The van der Waals surface area contributed by atoms with Gasteiger partial charge in [-0.05, 0) is 28.5 Å². The molecule has 0 unspecified atom stereocenters. The number of rotatable bonds is 6. The maximum absolute atomic E-state index is 10.5. The lowest BCUT2D eigenvalue weighted by Gasteiger charge is -2.04. The first-order chi connectivity index (χ1) is 7.61. The average Bonchev–Trinajstić information content (AvgIpc) is 2.24. The summed E-state index contributed by atoms with van der Waals surface area (Å²) in [4.78, 5) is 23.6. The maximum Gasteiger partial charge on any atom is 0.406 e. The van der Waals surface area contributed by atoms with E-state index in [-0.39, 0.29) is 24.6 Å². The Labute approximate surface area is 90.8 Å². The van der Waals surface area contributed by atoms with E-state index in [9.17, 15) is 14.9 Å². The molecule has 0 fully saturated rings. The lowest BCUT2D eigenvalue weighted by atomic mass is 10.3. The molecule has 7 nitrogen and oxygen atoms in total. The van der Waals surface area contributed by atoms with Gasteiger partial charge in [0.25, 0.3) is 0 Å². The van der Waals surface area contributed by atoms with E-state index >= 15 is 0 Å². The molecular formula is C9H10N2O5. The third-order valence-corrected chi connectivity index (χ3v) is 1.72. The van der Waals surface area contributed by atoms with E-state index in [1.54, 1.807) is 0 Å². The van der Waals surface area contributed by atoms with E-state index < -0.39 is 10.9 Å². The lowest BCUT2D eigenvalue weighted by molar-refractivity contribution is -0.390. The fourth-order valence-electron chi connectivity index (χ4n) is 1.04. The Morgan fingerprint density at radius 2 is 2.38 bits per heavy atom. The summed E-state index contributed by atoms with van der Waals surface area (Å²) in [5, 5.41) is 18.9. The number of ether oxygens (including phenoxy) is 1. The van der Waals surface area contributed by atoms with Crippen molar-refractivity contribution in [3.05, 3.63) is 28.4 Å². The number of hydrogen-bond acceptors (Lipinski definition) is 5. The second kappa shape index (κ2) is 5.64. The van der Waals surface area contributed by atoms with Gasteiger partial charge in [-0.1, -0.05) is 0 Å². The number of nitro groups is 1. The number of carboxylic acid groups (broad SMARTS) is 1. The summed E-state index contributed by atoms with van der Waals surface area (Å²) in [5.74, 6) is -1.24. The zero-order valence-corrected chi connectivity index (χ0v) is 8.33. The Kier molecular flexibility index (Phi) is 4.19. The van der Waals surface area contributed by atoms with E-state index in [0.717, 1.165) is 0 Å². The van der Waals surface area contributed by atoms with E-state index in [0.29, 0.717) is 6.42 Å². The molecule has 0 saturated heterocycles. The molecule has 86 valence electrons. The second-order valence-electron chi connectivity index (χ2n) is 2.93. The first-order valence-corrected chi connectivity index (χ1v) is 4.55. The molecule has 7 heteroatoms. The van der Waals surface area contributed by atoms with Crippen LogP contribution in [0.1, 0.15) is 12.8 Å². The Morgan fingerprint density at radius 1 is 1.62 bits per heavy atom. The molecule has 1 N–H and O–H groups in total. The van der Waals surface area contributed by atoms with E-state index in [1.807, 2.05) is 0 Å². The molecule has 1 heterocycles. The Bertz CT molecular complexity index is 393. The van der Waals surface area contributed by atoms with E-state index in [4.69, 9.17) is 9.84 Å². The summed E-state index contributed by atoms with van der Waals surface area (Å²) < 4.78 is 5.08. The molecule has 0 aliphatic heterocycles. The zero-order valence-electron chi connectivity index (χ0n) is 8.33. The van der Waals surface area contributed by atoms with Gasteiger partial charge in [-0.2, -0.15) is 0 Å². The number of carbonyl (C=O) groups is 1. The normalized spacial score (nSPS) is 9.75. The van der Waals surface area contributed by atoms with Gasteiger partial charge >= 0.3 is 11.8 Å². The standard InChI is InChI=1S/C9H10N2O5/c12-8(13)4-2-6-16-7-3-1-5-10-9(7)11(14)15/h1,3,5H,2,4,6H2,(H,12,13). The molecule has 16 heavy (non-hydrogen) atoms. The first kappa shape index (κ1) is 11.9. The third kappa shape index (κ3) is 3.52. The van der Waals surface area contributed by atoms with Gasteiger partial charge in [0.05, 0.1) is 6.61 Å². The predicted molar refractivity (Wildman–Crippen MR) is 53.3 cm³/mol. The summed E-state index contributed by atoms with van der Waals surface area (Å²) in [6.45, 7) is 0.110. The van der Waals surface area contributed by atoms with Crippen molar-refractivity contribution in [1.29, 1.82) is 0 Å².